The highest BCUT2D eigenvalue weighted by molar-refractivity contribution is 7.92. The highest BCUT2D eigenvalue weighted by atomic mass is 35.5. The lowest BCUT2D eigenvalue weighted by Crippen LogP contribution is -2.57. The maximum Gasteiger partial charge on any atom is 0.189 e. The van der Waals surface area contributed by atoms with Crippen molar-refractivity contribution in [3.63, 3.8) is 0 Å². The molecule has 0 bridgehead atoms. The summed E-state index contributed by atoms with van der Waals surface area (Å²) in [6, 6.07) is 12.8. The van der Waals surface area contributed by atoms with Crippen LogP contribution in [0.15, 0.2) is 65.7 Å². The second-order valence-electron chi connectivity index (χ2n) is 9.05. The first-order valence-corrected chi connectivity index (χ1v) is 15.1. The zero-order valence-corrected chi connectivity index (χ0v) is 22.0. The molecule has 11 heteroatoms. The van der Waals surface area contributed by atoms with Crippen molar-refractivity contribution in [2.75, 3.05) is 19.0 Å². The largest absolute Gasteiger partial charge is 0.616 e. The molecule has 1 aromatic heterocycles. The molecule has 2 aliphatic rings. The van der Waals surface area contributed by atoms with Crippen LogP contribution in [0.1, 0.15) is 24.1 Å². The summed E-state index contributed by atoms with van der Waals surface area (Å²) in [4.78, 5) is 4.14. The first-order chi connectivity index (χ1) is 17.7. The van der Waals surface area contributed by atoms with E-state index in [0.717, 1.165) is 12.1 Å². The summed E-state index contributed by atoms with van der Waals surface area (Å²) < 4.78 is 81.4. The number of pyridine rings is 1. The van der Waals surface area contributed by atoms with Crippen molar-refractivity contribution in [1.82, 2.24) is 4.98 Å². The fraction of sp³-hybridized carbons (Fsp3) is 0.346. The average Bonchev–Trinajstić information content (AvgIpc) is 2.89. The van der Waals surface area contributed by atoms with E-state index in [0.29, 0.717) is 10.7 Å². The van der Waals surface area contributed by atoms with Gasteiger partial charge in [0.2, 0.25) is 0 Å². The third-order valence-corrected chi connectivity index (χ3v) is 11.1. The Balaban J connectivity index is 1.53. The second-order valence-corrected chi connectivity index (χ2v) is 13.3. The summed E-state index contributed by atoms with van der Waals surface area (Å²) in [6.45, 7) is -0.200. The fourth-order valence-electron chi connectivity index (χ4n) is 5.30. The summed E-state index contributed by atoms with van der Waals surface area (Å²) in [5, 5.41) is 0.345. The molecule has 3 aromatic rings. The Labute approximate surface area is 222 Å². The van der Waals surface area contributed by atoms with Gasteiger partial charge in [-0.1, -0.05) is 17.7 Å². The molecule has 0 radical (unpaired) electrons. The van der Waals surface area contributed by atoms with Crippen LogP contribution in [0, 0.1) is 17.6 Å². The van der Waals surface area contributed by atoms with Crippen molar-refractivity contribution in [1.29, 1.82) is 0 Å². The predicted octanol–water partition coefficient (Wildman–Crippen LogP) is 4.82. The predicted molar refractivity (Wildman–Crippen MR) is 136 cm³/mol. The maximum absolute atomic E-state index is 15.4. The minimum Gasteiger partial charge on any atom is -0.616 e. The molecule has 196 valence electrons. The molecule has 1 fully saturated rings. The molecule has 1 unspecified atom stereocenters. The number of benzene rings is 2. The van der Waals surface area contributed by atoms with E-state index in [2.05, 4.69) is 4.98 Å². The van der Waals surface area contributed by atoms with Crippen molar-refractivity contribution in [3.8, 4) is 5.75 Å². The Bertz CT molecular complexity index is 1380. The van der Waals surface area contributed by atoms with Gasteiger partial charge in [0.1, 0.15) is 22.1 Å². The first kappa shape index (κ1) is 26.4. The minimum absolute atomic E-state index is 0.00371. The Morgan fingerprint density at radius 1 is 1.11 bits per heavy atom. The van der Waals surface area contributed by atoms with Gasteiger partial charge in [-0.25, -0.2) is 17.2 Å². The number of rotatable bonds is 7. The number of fused-ring (bicyclic) bond motifs is 3. The van der Waals surface area contributed by atoms with Gasteiger partial charge in [0.05, 0.1) is 28.9 Å². The van der Waals surface area contributed by atoms with E-state index >= 15 is 4.39 Å². The monoisotopic (exact) mass is 567 g/mol. The Morgan fingerprint density at radius 2 is 1.86 bits per heavy atom. The minimum atomic E-state index is -4.28. The van der Waals surface area contributed by atoms with Crippen molar-refractivity contribution in [3.05, 3.63) is 88.7 Å². The number of halogens is 3. The van der Waals surface area contributed by atoms with Crippen molar-refractivity contribution >= 4 is 32.6 Å². The second kappa shape index (κ2) is 10.5. The maximum atomic E-state index is 15.4. The molecule has 6 nitrogen and oxygen atoms in total. The van der Waals surface area contributed by atoms with Gasteiger partial charge >= 0.3 is 0 Å². The van der Waals surface area contributed by atoms with E-state index in [4.69, 9.17) is 21.1 Å². The molecule has 2 aromatic carbocycles. The van der Waals surface area contributed by atoms with Crippen molar-refractivity contribution < 1.29 is 31.2 Å². The van der Waals surface area contributed by atoms with Crippen LogP contribution in [-0.4, -0.2) is 43.0 Å². The summed E-state index contributed by atoms with van der Waals surface area (Å²) >= 11 is 4.69. The molecule has 37 heavy (non-hydrogen) atoms. The molecular weight excluding hydrogens is 544 g/mol. The van der Waals surface area contributed by atoms with Gasteiger partial charge in [-0.2, -0.15) is 0 Å². The summed E-state index contributed by atoms with van der Waals surface area (Å²) in [5.74, 6) is -2.50. The zero-order chi connectivity index (χ0) is 26.2. The van der Waals surface area contributed by atoms with Gasteiger partial charge in [-0.05, 0) is 66.1 Å². The van der Waals surface area contributed by atoms with E-state index in [1.807, 2.05) is 6.07 Å². The number of hydrogen-bond acceptors (Lipinski definition) is 6. The van der Waals surface area contributed by atoms with Gasteiger partial charge in [0.15, 0.2) is 21.4 Å². The molecule has 0 saturated carbocycles. The molecular formula is C26H24ClF2NO5S2. The number of sulfone groups is 1. The summed E-state index contributed by atoms with van der Waals surface area (Å²) in [7, 11) is -4.28. The molecule has 1 saturated heterocycles. The molecule has 0 aliphatic carbocycles. The van der Waals surface area contributed by atoms with Gasteiger partial charge in [0, 0.05) is 30.2 Å². The average molecular weight is 568 g/mol. The summed E-state index contributed by atoms with van der Waals surface area (Å²) in [6.07, 6.45) is 1.07. The summed E-state index contributed by atoms with van der Waals surface area (Å²) in [5.41, 5.74) is 0.360. The highest BCUT2D eigenvalue weighted by Gasteiger charge is 2.61. The molecule has 2 aliphatic heterocycles. The molecule has 5 rings (SSSR count). The lowest BCUT2D eigenvalue weighted by atomic mass is 9.75. The van der Waals surface area contributed by atoms with E-state index in [1.165, 1.54) is 24.3 Å². The van der Waals surface area contributed by atoms with Crippen LogP contribution in [0.5, 0.6) is 5.75 Å². The van der Waals surface area contributed by atoms with Crippen LogP contribution < -0.4 is 4.74 Å². The lowest BCUT2D eigenvalue weighted by Gasteiger charge is -2.50. The van der Waals surface area contributed by atoms with Gasteiger partial charge < -0.3 is 14.0 Å². The van der Waals surface area contributed by atoms with Crippen molar-refractivity contribution in [2.24, 2.45) is 5.92 Å². The molecule has 0 spiro atoms. The quantitative estimate of drug-likeness (QED) is 0.380. The number of aromatic nitrogens is 1. The molecule has 0 amide bonds. The highest BCUT2D eigenvalue weighted by Crippen LogP contribution is 2.55. The van der Waals surface area contributed by atoms with Crippen molar-refractivity contribution in [2.45, 2.75) is 34.3 Å². The van der Waals surface area contributed by atoms with Crippen LogP contribution in [0.4, 0.5) is 8.78 Å². The third kappa shape index (κ3) is 4.74. The topological polar surface area (TPSA) is 88.6 Å². The SMILES string of the molecule is O=S(=O)(c1ccc(Cl)cc1)[C@@]12CCO[C@@H](CC[S+]([O-])Cc3ccccn3)[C@@H]1COc1c(F)ccc(F)c12. The number of ether oxygens (including phenoxy) is 2. The van der Waals surface area contributed by atoms with Crippen LogP contribution in [-0.2, 0) is 36.2 Å². The molecule has 0 N–H and O–H groups in total. The van der Waals surface area contributed by atoms with E-state index < -0.39 is 55.2 Å². The lowest BCUT2D eigenvalue weighted by molar-refractivity contribution is -0.0732. The number of nitrogens with zero attached hydrogens (tertiary/aromatic N) is 1. The molecule has 3 heterocycles. The van der Waals surface area contributed by atoms with Gasteiger partial charge in [-0.15, -0.1) is 0 Å². The smallest absolute Gasteiger partial charge is 0.189 e. The van der Waals surface area contributed by atoms with Crippen LogP contribution in [0.2, 0.25) is 5.02 Å². The van der Waals surface area contributed by atoms with Gasteiger partial charge in [-0.3, -0.25) is 4.98 Å². The van der Waals surface area contributed by atoms with Crippen LogP contribution in [0.25, 0.3) is 0 Å². The molecule has 4 atom stereocenters. The van der Waals surface area contributed by atoms with Crippen LogP contribution >= 0.6 is 11.6 Å². The van der Waals surface area contributed by atoms with Crippen LogP contribution in [0.3, 0.4) is 0 Å². The number of hydrogen-bond donors (Lipinski definition) is 0. The van der Waals surface area contributed by atoms with E-state index in [-0.39, 0.29) is 48.0 Å². The standard InChI is InChI=1S/C26H24ClF2NO5S2/c27-17-4-6-19(7-5-17)37(32,33)26-11-13-34-23(10-14-36(31)16-18-3-1-2-12-30-18)20(26)15-35-25-22(29)9-8-21(28)24(25)26/h1-9,12,20,23H,10-11,13-16H2/t20-,23-,26-,36?/m0/s1. The zero-order valence-electron chi connectivity index (χ0n) is 19.6. The third-order valence-electron chi connectivity index (χ3n) is 7.01. The Kier molecular flexibility index (Phi) is 7.48. The van der Waals surface area contributed by atoms with E-state index in [1.54, 1.807) is 18.3 Å². The Morgan fingerprint density at radius 3 is 2.59 bits per heavy atom. The van der Waals surface area contributed by atoms with Gasteiger partial charge in [0.25, 0.3) is 0 Å². The van der Waals surface area contributed by atoms with E-state index in [9.17, 15) is 17.4 Å². The normalized spacial score (nSPS) is 24.0. The fourth-order valence-corrected chi connectivity index (χ4v) is 8.91. The first-order valence-electron chi connectivity index (χ1n) is 11.7. The Hall–Kier alpha value is -2.24.